The van der Waals surface area contributed by atoms with Crippen molar-refractivity contribution in [3.8, 4) is 5.75 Å². The largest absolute Gasteiger partial charge is 0.484 e. The summed E-state index contributed by atoms with van der Waals surface area (Å²) < 4.78 is 33.2. The Kier molecular flexibility index (Phi) is 6.79. The van der Waals surface area contributed by atoms with Crippen LogP contribution in [0.2, 0.25) is 0 Å². The zero-order valence-corrected chi connectivity index (χ0v) is 17.7. The highest BCUT2D eigenvalue weighted by molar-refractivity contribution is 7.92. The molecule has 0 atom stereocenters. The van der Waals surface area contributed by atoms with E-state index in [1.54, 1.807) is 12.1 Å². The van der Waals surface area contributed by atoms with Crippen molar-refractivity contribution >= 4 is 21.6 Å². The summed E-state index contributed by atoms with van der Waals surface area (Å²) in [6.07, 6.45) is 2.59. The number of anilines is 1. The fourth-order valence-electron chi connectivity index (χ4n) is 3.28. The van der Waals surface area contributed by atoms with Gasteiger partial charge in [0.25, 0.3) is 15.9 Å². The third-order valence-corrected chi connectivity index (χ3v) is 6.72. The van der Waals surface area contributed by atoms with E-state index in [1.807, 2.05) is 24.3 Å². The van der Waals surface area contributed by atoms with Crippen molar-refractivity contribution in [3.05, 3.63) is 54.1 Å². The first-order chi connectivity index (χ1) is 13.9. The molecule has 0 aliphatic carbocycles. The van der Waals surface area contributed by atoms with E-state index in [4.69, 9.17) is 4.74 Å². The number of benzene rings is 2. The smallest absolute Gasteiger partial charge is 0.264 e. The van der Waals surface area contributed by atoms with Crippen molar-refractivity contribution in [1.29, 1.82) is 0 Å². The van der Waals surface area contributed by atoms with Gasteiger partial charge in [-0.1, -0.05) is 32.0 Å². The highest BCUT2D eigenvalue weighted by Gasteiger charge is 2.28. The van der Waals surface area contributed by atoms with Crippen molar-refractivity contribution in [2.24, 2.45) is 5.92 Å². The molecule has 1 amide bonds. The number of nitrogens with one attached hydrogen (secondary N) is 1. The van der Waals surface area contributed by atoms with E-state index in [0.29, 0.717) is 24.8 Å². The van der Waals surface area contributed by atoms with Crippen molar-refractivity contribution in [1.82, 2.24) is 5.32 Å². The summed E-state index contributed by atoms with van der Waals surface area (Å²) in [5.74, 6) is 0.798. The van der Waals surface area contributed by atoms with Gasteiger partial charge < -0.3 is 10.1 Å². The Bertz CT molecular complexity index is 940. The quantitative estimate of drug-likeness (QED) is 0.716. The van der Waals surface area contributed by atoms with Gasteiger partial charge in [0.1, 0.15) is 5.75 Å². The maximum atomic E-state index is 13.1. The molecule has 0 radical (unpaired) electrons. The lowest BCUT2D eigenvalue weighted by atomic mass is 10.0. The third kappa shape index (κ3) is 5.29. The van der Waals surface area contributed by atoms with Crippen LogP contribution in [0.25, 0.3) is 0 Å². The zero-order valence-electron chi connectivity index (χ0n) is 16.9. The molecule has 0 fully saturated rings. The molecular weight excluding hydrogens is 388 g/mol. The predicted octanol–water partition coefficient (Wildman–Crippen LogP) is 3.37. The summed E-state index contributed by atoms with van der Waals surface area (Å²) in [6, 6.07) is 13.8. The molecule has 2 aromatic carbocycles. The molecule has 29 heavy (non-hydrogen) atoms. The van der Waals surface area contributed by atoms with Gasteiger partial charge in [0.2, 0.25) is 0 Å². The van der Waals surface area contributed by atoms with Crippen molar-refractivity contribution in [2.45, 2.75) is 38.0 Å². The molecule has 156 valence electrons. The molecule has 7 heteroatoms. The number of para-hydroxylation sites is 1. The minimum atomic E-state index is -3.65. The SMILES string of the molecule is CC(C)CCNC(=O)COc1ccc(S(=O)(=O)N2CCCc3ccccc32)cc1. The molecule has 0 spiro atoms. The van der Waals surface area contributed by atoms with E-state index >= 15 is 0 Å². The average Bonchev–Trinajstić information content (AvgIpc) is 2.72. The minimum Gasteiger partial charge on any atom is -0.484 e. The Morgan fingerprint density at radius 1 is 1.14 bits per heavy atom. The van der Waals surface area contributed by atoms with Crippen LogP contribution in [0.15, 0.2) is 53.4 Å². The molecular formula is C22H28N2O4S. The van der Waals surface area contributed by atoms with E-state index in [1.165, 1.54) is 16.4 Å². The number of amides is 1. The van der Waals surface area contributed by atoms with Crippen LogP contribution in [-0.4, -0.2) is 34.0 Å². The van der Waals surface area contributed by atoms with E-state index in [-0.39, 0.29) is 17.4 Å². The second-order valence-electron chi connectivity index (χ2n) is 7.60. The normalized spacial score (nSPS) is 13.8. The first-order valence-corrected chi connectivity index (χ1v) is 11.4. The molecule has 0 saturated heterocycles. The highest BCUT2D eigenvalue weighted by Crippen LogP contribution is 2.32. The summed E-state index contributed by atoms with van der Waals surface area (Å²) in [5.41, 5.74) is 1.79. The van der Waals surface area contributed by atoms with Crippen molar-refractivity contribution in [3.63, 3.8) is 0 Å². The number of sulfonamides is 1. The van der Waals surface area contributed by atoms with Crippen LogP contribution in [-0.2, 0) is 21.2 Å². The predicted molar refractivity (Wildman–Crippen MR) is 114 cm³/mol. The van der Waals surface area contributed by atoms with Gasteiger partial charge in [0.05, 0.1) is 10.6 Å². The van der Waals surface area contributed by atoms with Crippen LogP contribution < -0.4 is 14.4 Å². The van der Waals surface area contributed by atoms with Crippen LogP contribution in [0.1, 0.15) is 32.3 Å². The Labute approximate surface area is 172 Å². The lowest BCUT2D eigenvalue weighted by molar-refractivity contribution is -0.123. The second kappa shape index (κ2) is 9.31. The Morgan fingerprint density at radius 2 is 1.86 bits per heavy atom. The van der Waals surface area contributed by atoms with E-state index in [0.717, 1.165) is 30.5 Å². The maximum Gasteiger partial charge on any atom is 0.264 e. The highest BCUT2D eigenvalue weighted by atomic mass is 32.2. The van der Waals surface area contributed by atoms with Crippen LogP contribution >= 0.6 is 0 Å². The Balaban J connectivity index is 1.63. The molecule has 1 aliphatic heterocycles. The molecule has 0 saturated carbocycles. The van der Waals surface area contributed by atoms with Gasteiger partial charge >= 0.3 is 0 Å². The number of hydrogen-bond acceptors (Lipinski definition) is 4. The summed E-state index contributed by atoms with van der Waals surface area (Å²) >= 11 is 0. The maximum absolute atomic E-state index is 13.1. The summed E-state index contributed by atoms with van der Waals surface area (Å²) in [5, 5.41) is 2.81. The summed E-state index contributed by atoms with van der Waals surface area (Å²) in [7, 11) is -3.65. The Morgan fingerprint density at radius 3 is 2.59 bits per heavy atom. The molecule has 0 unspecified atom stereocenters. The number of carbonyl (C=O) groups excluding carboxylic acids is 1. The number of carbonyl (C=O) groups is 1. The fourth-order valence-corrected chi connectivity index (χ4v) is 4.83. The molecule has 1 heterocycles. The fraction of sp³-hybridized carbons (Fsp3) is 0.409. The van der Waals surface area contributed by atoms with Crippen molar-refractivity contribution in [2.75, 3.05) is 24.0 Å². The summed E-state index contributed by atoms with van der Waals surface area (Å²) in [4.78, 5) is 12.0. The number of aryl methyl sites for hydroxylation is 1. The average molecular weight is 417 g/mol. The number of hydrogen-bond donors (Lipinski definition) is 1. The minimum absolute atomic E-state index is 0.0936. The van der Waals surface area contributed by atoms with Gasteiger partial charge in [-0.25, -0.2) is 8.42 Å². The molecule has 1 aliphatic rings. The molecule has 0 bridgehead atoms. The molecule has 6 nitrogen and oxygen atoms in total. The van der Waals surface area contributed by atoms with E-state index in [9.17, 15) is 13.2 Å². The number of nitrogens with zero attached hydrogens (tertiary/aromatic N) is 1. The van der Waals surface area contributed by atoms with Crippen molar-refractivity contribution < 1.29 is 17.9 Å². The lowest BCUT2D eigenvalue weighted by Crippen LogP contribution is -2.35. The first kappa shape index (κ1) is 21.2. The molecule has 3 rings (SSSR count). The van der Waals surface area contributed by atoms with E-state index < -0.39 is 10.0 Å². The van der Waals surface area contributed by atoms with Crippen LogP contribution in [0.3, 0.4) is 0 Å². The first-order valence-electron chi connectivity index (χ1n) is 9.98. The van der Waals surface area contributed by atoms with Gasteiger partial charge in [0.15, 0.2) is 6.61 Å². The summed E-state index contributed by atoms with van der Waals surface area (Å²) in [6.45, 7) is 5.19. The van der Waals surface area contributed by atoms with Gasteiger partial charge in [-0.2, -0.15) is 0 Å². The van der Waals surface area contributed by atoms with Gasteiger partial charge in [-0.05, 0) is 61.1 Å². The van der Waals surface area contributed by atoms with Gasteiger partial charge in [-0.15, -0.1) is 0 Å². The van der Waals surface area contributed by atoms with Gasteiger partial charge in [-0.3, -0.25) is 9.10 Å². The molecule has 2 aromatic rings. The number of ether oxygens (including phenoxy) is 1. The number of rotatable bonds is 8. The zero-order chi connectivity index (χ0) is 20.9. The second-order valence-corrected chi connectivity index (χ2v) is 9.46. The molecule has 0 aromatic heterocycles. The third-order valence-electron chi connectivity index (χ3n) is 4.89. The topological polar surface area (TPSA) is 75.7 Å². The van der Waals surface area contributed by atoms with Crippen LogP contribution in [0.5, 0.6) is 5.75 Å². The molecule has 1 N–H and O–H groups in total. The lowest BCUT2D eigenvalue weighted by Gasteiger charge is -2.30. The Hall–Kier alpha value is -2.54. The van der Waals surface area contributed by atoms with Crippen LogP contribution in [0.4, 0.5) is 5.69 Å². The number of fused-ring (bicyclic) bond motifs is 1. The van der Waals surface area contributed by atoms with E-state index in [2.05, 4.69) is 19.2 Å². The van der Waals surface area contributed by atoms with Gasteiger partial charge in [0, 0.05) is 13.1 Å². The standard InChI is InChI=1S/C22H28N2O4S/c1-17(2)13-14-23-22(25)16-28-19-9-11-20(12-10-19)29(26,27)24-15-5-7-18-6-3-4-8-21(18)24/h3-4,6,8-12,17H,5,7,13-16H2,1-2H3,(H,23,25). The monoisotopic (exact) mass is 416 g/mol. The van der Waals surface area contributed by atoms with Crippen LogP contribution in [0, 0.1) is 5.92 Å².